The summed E-state index contributed by atoms with van der Waals surface area (Å²) < 4.78 is 4.94. The van der Waals surface area contributed by atoms with Gasteiger partial charge < -0.3 is 14.7 Å². The first-order chi connectivity index (χ1) is 6.20. The lowest BCUT2D eigenvalue weighted by Crippen LogP contribution is -2.41. The number of ether oxygens (including phenoxy) is 1. The number of carbonyl (C=O) groups is 1. The smallest absolute Gasteiger partial charge is 0.251 e. The van der Waals surface area contributed by atoms with Crippen molar-refractivity contribution >= 4 is 5.91 Å². The van der Waals surface area contributed by atoms with Crippen molar-refractivity contribution in [3.8, 4) is 0 Å². The molecule has 0 spiro atoms. The van der Waals surface area contributed by atoms with Crippen molar-refractivity contribution in [3.63, 3.8) is 0 Å². The Kier molecular flexibility index (Phi) is 3.69. The average Bonchev–Trinajstić information content (AvgIpc) is 2.95. The number of rotatable bonds is 5. The molecule has 0 aliphatic heterocycles. The van der Waals surface area contributed by atoms with Gasteiger partial charge in [0.2, 0.25) is 0 Å². The molecule has 13 heavy (non-hydrogen) atoms. The van der Waals surface area contributed by atoms with E-state index >= 15 is 0 Å². The number of nitrogens with zero attached hydrogens (tertiary/aromatic N) is 1. The van der Waals surface area contributed by atoms with Gasteiger partial charge in [0.1, 0.15) is 6.10 Å². The largest absolute Gasteiger partial charge is 0.395 e. The Morgan fingerprint density at radius 1 is 1.69 bits per heavy atom. The molecule has 1 fully saturated rings. The molecule has 0 aromatic rings. The fraction of sp³-hybridized carbons (Fsp3) is 0.889. The molecule has 0 bridgehead atoms. The van der Waals surface area contributed by atoms with Gasteiger partial charge in [0, 0.05) is 19.7 Å². The summed E-state index contributed by atoms with van der Waals surface area (Å²) in [6.45, 7) is 2.19. The highest BCUT2D eigenvalue weighted by atomic mass is 16.5. The van der Waals surface area contributed by atoms with Crippen molar-refractivity contribution in [1.29, 1.82) is 0 Å². The van der Waals surface area contributed by atoms with Crippen LogP contribution in [0.1, 0.15) is 19.8 Å². The average molecular weight is 187 g/mol. The lowest BCUT2D eigenvalue weighted by Gasteiger charge is -2.24. The summed E-state index contributed by atoms with van der Waals surface area (Å²) in [5.74, 6) is -0.0148. The van der Waals surface area contributed by atoms with E-state index in [0.29, 0.717) is 12.6 Å². The van der Waals surface area contributed by atoms with Gasteiger partial charge in [-0.15, -0.1) is 0 Å². The fourth-order valence-corrected chi connectivity index (χ4v) is 1.30. The summed E-state index contributed by atoms with van der Waals surface area (Å²) in [6, 6.07) is 0.345. The third kappa shape index (κ3) is 2.67. The van der Waals surface area contributed by atoms with E-state index in [4.69, 9.17) is 9.84 Å². The van der Waals surface area contributed by atoms with Crippen LogP contribution in [-0.2, 0) is 9.53 Å². The lowest BCUT2D eigenvalue weighted by atomic mass is 10.3. The number of aliphatic hydroxyl groups is 1. The summed E-state index contributed by atoms with van der Waals surface area (Å²) >= 11 is 0. The highest BCUT2D eigenvalue weighted by Crippen LogP contribution is 2.27. The van der Waals surface area contributed by atoms with Gasteiger partial charge in [0.05, 0.1) is 6.61 Å². The van der Waals surface area contributed by atoms with Crippen LogP contribution in [0.3, 0.4) is 0 Å². The number of methoxy groups -OCH3 is 1. The van der Waals surface area contributed by atoms with Crippen LogP contribution >= 0.6 is 0 Å². The molecule has 0 heterocycles. The van der Waals surface area contributed by atoms with Crippen LogP contribution in [-0.4, -0.2) is 48.3 Å². The minimum absolute atomic E-state index is 0.0148. The molecule has 76 valence electrons. The quantitative estimate of drug-likeness (QED) is 0.659. The fourth-order valence-electron chi connectivity index (χ4n) is 1.30. The molecular formula is C9H17NO3. The summed E-state index contributed by atoms with van der Waals surface area (Å²) in [7, 11) is 1.52. The van der Waals surface area contributed by atoms with E-state index in [1.54, 1.807) is 11.8 Å². The van der Waals surface area contributed by atoms with E-state index in [0.717, 1.165) is 12.8 Å². The molecule has 0 aromatic carbocycles. The van der Waals surface area contributed by atoms with E-state index < -0.39 is 6.10 Å². The Labute approximate surface area is 78.5 Å². The van der Waals surface area contributed by atoms with Crippen molar-refractivity contribution in [1.82, 2.24) is 4.90 Å². The van der Waals surface area contributed by atoms with Crippen molar-refractivity contribution in [2.75, 3.05) is 20.3 Å². The lowest BCUT2D eigenvalue weighted by molar-refractivity contribution is -0.142. The van der Waals surface area contributed by atoms with Crippen molar-refractivity contribution < 1.29 is 14.6 Å². The van der Waals surface area contributed by atoms with Crippen LogP contribution in [0.4, 0.5) is 0 Å². The second kappa shape index (κ2) is 4.58. The summed E-state index contributed by atoms with van der Waals surface area (Å²) in [5, 5.41) is 8.78. The highest BCUT2D eigenvalue weighted by Gasteiger charge is 2.33. The van der Waals surface area contributed by atoms with Crippen LogP contribution in [0.25, 0.3) is 0 Å². The van der Waals surface area contributed by atoms with E-state index in [1.807, 2.05) is 0 Å². The van der Waals surface area contributed by atoms with Gasteiger partial charge in [-0.25, -0.2) is 0 Å². The van der Waals surface area contributed by atoms with Gasteiger partial charge in [-0.2, -0.15) is 0 Å². The van der Waals surface area contributed by atoms with Gasteiger partial charge in [-0.1, -0.05) is 0 Å². The van der Waals surface area contributed by atoms with Crippen LogP contribution in [0, 0.1) is 0 Å². The predicted octanol–water partition coefficient (Wildman–Crippen LogP) is 0.00460. The van der Waals surface area contributed by atoms with Crippen LogP contribution in [0.15, 0.2) is 0 Å². The molecule has 0 radical (unpaired) electrons. The predicted molar refractivity (Wildman–Crippen MR) is 48.3 cm³/mol. The third-order valence-corrected chi connectivity index (χ3v) is 2.31. The van der Waals surface area contributed by atoms with Gasteiger partial charge in [0.15, 0.2) is 0 Å². The Morgan fingerprint density at radius 2 is 2.31 bits per heavy atom. The third-order valence-electron chi connectivity index (χ3n) is 2.31. The maximum absolute atomic E-state index is 11.6. The molecular weight excluding hydrogens is 170 g/mol. The van der Waals surface area contributed by atoms with E-state index in [-0.39, 0.29) is 12.5 Å². The summed E-state index contributed by atoms with van der Waals surface area (Å²) in [6.07, 6.45) is 1.72. The van der Waals surface area contributed by atoms with Crippen LogP contribution < -0.4 is 0 Å². The Morgan fingerprint density at radius 3 is 2.69 bits per heavy atom. The normalized spacial score (nSPS) is 18.4. The zero-order valence-corrected chi connectivity index (χ0v) is 8.19. The van der Waals surface area contributed by atoms with E-state index in [1.165, 1.54) is 7.11 Å². The number of aliphatic hydroxyl groups excluding tert-OH is 1. The second-order valence-corrected chi connectivity index (χ2v) is 3.36. The maximum Gasteiger partial charge on any atom is 0.251 e. The van der Waals surface area contributed by atoms with Crippen molar-refractivity contribution in [2.24, 2.45) is 0 Å². The molecule has 1 saturated carbocycles. The number of hydrogen-bond acceptors (Lipinski definition) is 3. The van der Waals surface area contributed by atoms with Crippen molar-refractivity contribution in [2.45, 2.75) is 31.9 Å². The first-order valence-electron chi connectivity index (χ1n) is 4.64. The van der Waals surface area contributed by atoms with Crippen molar-refractivity contribution in [3.05, 3.63) is 0 Å². The molecule has 1 N–H and O–H groups in total. The Balaban J connectivity index is 2.47. The van der Waals surface area contributed by atoms with Gasteiger partial charge >= 0.3 is 0 Å². The monoisotopic (exact) mass is 187 g/mol. The first-order valence-corrected chi connectivity index (χ1v) is 4.64. The Hall–Kier alpha value is -0.610. The summed E-state index contributed by atoms with van der Waals surface area (Å²) in [4.78, 5) is 13.4. The van der Waals surface area contributed by atoms with E-state index in [9.17, 15) is 4.79 Å². The van der Waals surface area contributed by atoms with Gasteiger partial charge in [0.25, 0.3) is 5.91 Å². The highest BCUT2D eigenvalue weighted by molar-refractivity contribution is 5.81. The molecule has 1 amide bonds. The molecule has 1 atom stereocenters. The van der Waals surface area contributed by atoms with Gasteiger partial charge in [-0.3, -0.25) is 4.79 Å². The summed E-state index contributed by atoms with van der Waals surface area (Å²) in [5.41, 5.74) is 0. The molecule has 0 aromatic heterocycles. The van der Waals surface area contributed by atoms with Gasteiger partial charge in [-0.05, 0) is 19.8 Å². The molecule has 1 aliphatic carbocycles. The first kappa shape index (κ1) is 10.5. The minimum Gasteiger partial charge on any atom is -0.395 e. The van der Waals surface area contributed by atoms with Crippen LogP contribution in [0.2, 0.25) is 0 Å². The number of amides is 1. The zero-order chi connectivity index (χ0) is 9.84. The second-order valence-electron chi connectivity index (χ2n) is 3.36. The molecule has 1 unspecified atom stereocenters. The maximum atomic E-state index is 11.6. The SMILES string of the molecule is COC(C)C(=O)N(CCO)C1CC1. The zero-order valence-electron chi connectivity index (χ0n) is 8.19. The molecule has 0 saturated heterocycles. The molecule has 4 nitrogen and oxygen atoms in total. The number of hydrogen-bond donors (Lipinski definition) is 1. The Bertz CT molecular complexity index is 180. The van der Waals surface area contributed by atoms with Crippen LogP contribution in [0.5, 0.6) is 0 Å². The minimum atomic E-state index is -0.396. The topological polar surface area (TPSA) is 49.8 Å². The standard InChI is InChI=1S/C9H17NO3/c1-7(13-2)9(12)10(5-6-11)8-3-4-8/h7-8,11H,3-6H2,1-2H3. The van der Waals surface area contributed by atoms with E-state index in [2.05, 4.69) is 0 Å². The molecule has 1 aliphatic rings. The molecule has 4 heteroatoms. The number of carbonyl (C=O) groups excluding carboxylic acids is 1. The molecule has 1 rings (SSSR count).